The molecule has 0 aliphatic carbocycles. The summed E-state index contributed by atoms with van der Waals surface area (Å²) < 4.78 is 0. The van der Waals surface area contributed by atoms with Crippen molar-refractivity contribution in [2.24, 2.45) is 5.10 Å². The van der Waals surface area contributed by atoms with Crippen LogP contribution in [-0.2, 0) is 0 Å². The Hall–Kier alpha value is -2.69. The number of pyridine rings is 1. The Morgan fingerprint density at radius 1 is 1.20 bits per heavy atom. The van der Waals surface area contributed by atoms with Crippen molar-refractivity contribution in [3.8, 4) is 0 Å². The lowest BCUT2D eigenvalue weighted by molar-refractivity contribution is 0.0955. The first-order valence-electron chi connectivity index (χ1n) is 6.18. The first kappa shape index (κ1) is 13.7. The van der Waals surface area contributed by atoms with Gasteiger partial charge in [0.05, 0.1) is 11.9 Å². The predicted molar refractivity (Wildman–Crippen MR) is 80.1 cm³/mol. The summed E-state index contributed by atoms with van der Waals surface area (Å²) in [5.74, 6) is -0.248. The molecule has 5 nitrogen and oxygen atoms in total. The Morgan fingerprint density at radius 2 is 1.95 bits per heavy atom. The van der Waals surface area contributed by atoms with Crippen molar-refractivity contribution in [2.45, 2.75) is 0 Å². The molecule has 0 radical (unpaired) electrons. The number of hydrogen-bond acceptors (Lipinski definition) is 4. The van der Waals surface area contributed by atoms with E-state index in [1.807, 2.05) is 49.3 Å². The van der Waals surface area contributed by atoms with Gasteiger partial charge in [0.25, 0.3) is 5.91 Å². The SMILES string of the molecule is CN(C)c1ccc(C(=O)N/N=C\c2ccccn2)cc1. The van der Waals surface area contributed by atoms with Crippen LogP contribution in [0.25, 0.3) is 0 Å². The Kier molecular flexibility index (Phi) is 4.44. The van der Waals surface area contributed by atoms with Gasteiger partial charge in [-0.2, -0.15) is 5.10 Å². The Balaban J connectivity index is 1.96. The van der Waals surface area contributed by atoms with E-state index in [2.05, 4.69) is 15.5 Å². The maximum atomic E-state index is 11.9. The number of aromatic nitrogens is 1. The molecular weight excluding hydrogens is 252 g/mol. The molecule has 0 aliphatic rings. The zero-order chi connectivity index (χ0) is 14.4. The van der Waals surface area contributed by atoms with Crippen molar-refractivity contribution in [1.82, 2.24) is 10.4 Å². The lowest BCUT2D eigenvalue weighted by atomic mass is 10.2. The minimum atomic E-state index is -0.248. The van der Waals surface area contributed by atoms with Crippen molar-refractivity contribution >= 4 is 17.8 Å². The summed E-state index contributed by atoms with van der Waals surface area (Å²) >= 11 is 0. The molecule has 1 amide bonds. The highest BCUT2D eigenvalue weighted by molar-refractivity contribution is 5.95. The largest absolute Gasteiger partial charge is 0.378 e. The summed E-state index contributed by atoms with van der Waals surface area (Å²) in [6.07, 6.45) is 3.18. The molecule has 0 saturated heterocycles. The topological polar surface area (TPSA) is 57.6 Å². The van der Waals surface area contributed by atoms with Crippen LogP contribution in [0, 0.1) is 0 Å². The molecule has 102 valence electrons. The summed E-state index contributed by atoms with van der Waals surface area (Å²) in [6.45, 7) is 0. The molecule has 2 aromatic rings. The van der Waals surface area contributed by atoms with Gasteiger partial charge in [-0.15, -0.1) is 0 Å². The monoisotopic (exact) mass is 268 g/mol. The molecule has 0 atom stereocenters. The Bertz CT molecular complexity index is 591. The molecule has 5 heteroatoms. The average Bonchev–Trinajstić information content (AvgIpc) is 2.48. The molecule has 1 aromatic heterocycles. The zero-order valence-corrected chi connectivity index (χ0v) is 11.4. The van der Waals surface area contributed by atoms with Gasteiger partial charge in [0.2, 0.25) is 0 Å². The second kappa shape index (κ2) is 6.47. The lowest BCUT2D eigenvalue weighted by Gasteiger charge is -2.12. The molecule has 0 saturated carbocycles. The van der Waals surface area contributed by atoms with Gasteiger partial charge >= 0.3 is 0 Å². The fraction of sp³-hybridized carbons (Fsp3) is 0.133. The molecule has 20 heavy (non-hydrogen) atoms. The van der Waals surface area contributed by atoms with Crippen molar-refractivity contribution in [2.75, 3.05) is 19.0 Å². The van der Waals surface area contributed by atoms with E-state index < -0.39 is 0 Å². The van der Waals surface area contributed by atoms with E-state index in [9.17, 15) is 4.79 Å². The van der Waals surface area contributed by atoms with Crippen LogP contribution in [0.15, 0.2) is 53.8 Å². The third-order valence-corrected chi connectivity index (χ3v) is 2.70. The number of nitrogens with zero attached hydrogens (tertiary/aromatic N) is 3. The average molecular weight is 268 g/mol. The van der Waals surface area contributed by atoms with Crippen LogP contribution in [0.1, 0.15) is 16.1 Å². The van der Waals surface area contributed by atoms with Crippen LogP contribution in [0.3, 0.4) is 0 Å². The van der Waals surface area contributed by atoms with E-state index in [1.165, 1.54) is 6.21 Å². The molecular formula is C15H16N4O. The fourth-order valence-corrected chi connectivity index (χ4v) is 1.58. The van der Waals surface area contributed by atoms with Gasteiger partial charge in [0.15, 0.2) is 0 Å². The number of nitrogens with one attached hydrogen (secondary N) is 1. The Morgan fingerprint density at radius 3 is 2.55 bits per heavy atom. The minimum absolute atomic E-state index is 0.248. The van der Waals surface area contributed by atoms with E-state index in [0.717, 1.165) is 5.69 Å². The summed E-state index contributed by atoms with van der Waals surface area (Å²) in [4.78, 5) is 17.9. The fourth-order valence-electron chi connectivity index (χ4n) is 1.58. The standard InChI is InChI=1S/C15H16N4O/c1-19(2)14-8-6-12(7-9-14)15(20)18-17-11-13-5-3-4-10-16-13/h3-11H,1-2H3,(H,18,20)/b17-11-. The second-order valence-corrected chi connectivity index (χ2v) is 4.40. The van der Waals surface area contributed by atoms with Gasteiger partial charge in [0.1, 0.15) is 0 Å². The number of amides is 1. The molecule has 0 unspecified atom stereocenters. The van der Waals surface area contributed by atoms with E-state index in [0.29, 0.717) is 11.3 Å². The van der Waals surface area contributed by atoms with Gasteiger partial charge in [-0.05, 0) is 36.4 Å². The second-order valence-electron chi connectivity index (χ2n) is 4.40. The van der Waals surface area contributed by atoms with Gasteiger partial charge in [-0.1, -0.05) is 6.07 Å². The maximum Gasteiger partial charge on any atom is 0.271 e. The van der Waals surface area contributed by atoms with E-state index in [4.69, 9.17) is 0 Å². The highest BCUT2D eigenvalue weighted by atomic mass is 16.2. The van der Waals surface area contributed by atoms with Crippen LogP contribution in [-0.4, -0.2) is 31.2 Å². The number of benzene rings is 1. The number of carbonyl (C=O) groups excluding carboxylic acids is 1. The van der Waals surface area contributed by atoms with Crippen LogP contribution < -0.4 is 10.3 Å². The van der Waals surface area contributed by atoms with Crippen LogP contribution in [0.5, 0.6) is 0 Å². The van der Waals surface area contributed by atoms with Gasteiger partial charge in [0, 0.05) is 31.5 Å². The van der Waals surface area contributed by atoms with Crippen molar-refractivity contribution in [1.29, 1.82) is 0 Å². The van der Waals surface area contributed by atoms with Crippen LogP contribution in [0.2, 0.25) is 0 Å². The number of hydrazone groups is 1. The highest BCUT2D eigenvalue weighted by Gasteiger charge is 2.04. The van der Waals surface area contributed by atoms with Crippen molar-refractivity contribution in [3.05, 3.63) is 59.9 Å². The molecule has 0 fully saturated rings. The smallest absolute Gasteiger partial charge is 0.271 e. The first-order valence-corrected chi connectivity index (χ1v) is 6.18. The van der Waals surface area contributed by atoms with Gasteiger partial charge in [-0.25, -0.2) is 5.43 Å². The molecule has 1 aromatic carbocycles. The summed E-state index contributed by atoms with van der Waals surface area (Å²) in [6, 6.07) is 12.8. The first-order chi connectivity index (χ1) is 9.66. The Labute approximate surface area is 118 Å². The van der Waals surface area contributed by atoms with Gasteiger partial charge in [-0.3, -0.25) is 9.78 Å². The molecule has 2 rings (SSSR count). The highest BCUT2D eigenvalue weighted by Crippen LogP contribution is 2.11. The van der Waals surface area contributed by atoms with E-state index in [1.54, 1.807) is 18.3 Å². The molecule has 1 N–H and O–H groups in total. The third kappa shape index (κ3) is 3.65. The zero-order valence-electron chi connectivity index (χ0n) is 11.4. The van der Waals surface area contributed by atoms with Crippen molar-refractivity contribution < 1.29 is 4.79 Å². The third-order valence-electron chi connectivity index (χ3n) is 2.70. The summed E-state index contributed by atoms with van der Waals surface area (Å²) in [5, 5.41) is 3.88. The number of anilines is 1. The van der Waals surface area contributed by atoms with Gasteiger partial charge < -0.3 is 4.90 Å². The molecule has 1 heterocycles. The maximum absolute atomic E-state index is 11.9. The van der Waals surface area contributed by atoms with Crippen LogP contribution in [0.4, 0.5) is 5.69 Å². The number of hydrogen-bond donors (Lipinski definition) is 1. The number of carbonyl (C=O) groups is 1. The van der Waals surface area contributed by atoms with E-state index >= 15 is 0 Å². The minimum Gasteiger partial charge on any atom is -0.378 e. The lowest BCUT2D eigenvalue weighted by Crippen LogP contribution is -2.18. The quantitative estimate of drug-likeness (QED) is 0.680. The summed E-state index contributed by atoms with van der Waals surface area (Å²) in [7, 11) is 3.90. The predicted octanol–water partition coefficient (Wildman–Crippen LogP) is 1.91. The molecule has 0 bridgehead atoms. The van der Waals surface area contributed by atoms with Crippen LogP contribution >= 0.6 is 0 Å². The van der Waals surface area contributed by atoms with Crippen molar-refractivity contribution in [3.63, 3.8) is 0 Å². The summed E-state index contributed by atoms with van der Waals surface area (Å²) in [5.41, 5.74) is 4.77. The normalized spacial score (nSPS) is 10.5. The number of rotatable bonds is 4. The van der Waals surface area contributed by atoms with E-state index in [-0.39, 0.29) is 5.91 Å². The molecule has 0 aliphatic heterocycles. The molecule has 0 spiro atoms.